The first-order chi connectivity index (χ1) is 10.7. The molecule has 0 saturated heterocycles. The number of rotatable bonds is 4. The molecule has 1 amide bonds. The van der Waals surface area contributed by atoms with Crippen LogP contribution < -0.4 is 15.8 Å². The molecule has 1 fully saturated rings. The number of amides is 1. The van der Waals surface area contributed by atoms with Gasteiger partial charge in [0.15, 0.2) is 0 Å². The smallest absolute Gasteiger partial charge is 0.244 e. The third-order valence-electron chi connectivity index (χ3n) is 3.93. The summed E-state index contributed by atoms with van der Waals surface area (Å²) in [6.45, 7) is 0. The van der Waals surface area contributed by atoms with Gasteiger partial charge in [-0.3, -0.25) is 9.78 Å². The van der Waals surface area contributed by atoms with Gasteiger partial charge < -0.3 is 15.8 Å². The molecule has 1 aromatic carbocycles. The maximum Gasteiger partial charge on any atom is 0.244 e. The van der Waals surface area contributed by atoms with Gasteiger partial charge in [-0.1, -0.05) is 18.9 Å². The topological polar surface area (TPSA) is 77.2 Å². The van der Waals surface area contributed by atoms with E-state index in [0.717, 1.165) is 25.7 Å². The molecule has 0 aliphatic heterocycles. The number of nitrogens with one attached hydrogen (secondary N) is 1. The number of ether oxygens (including phenoxy) is 1. The van der Waals surface area contributed by atoms with E-state index >= 15 is 0 Å². The number of carbonyl (C=O) groups is 1. The number of pyridine rings is 1. The van der Waals surface area contributed by atoms with Crippen molar-refractivity contribution in [3.8, 4) is 11.5 Å². The highest BCUT2D eigenvalue weighted by atomic mass is 16.5. The van der Waals surface area contributed by atoms with Crippen molar-refractivity contribution in [3.05, 3.63) is 48.8 Å². The fourth-order valence-corrected chi connectivity index (χ4v) is 2.67. The molecule has 1 aliphatic rings. The van der Waals surface area contributed by atoms with E-state index < -0.39 is 5.54 Å². The lowest BCUT2D eigenvalue weighted by atomic mass is 9.98. The summed E-state index contributed by atoms with van der Waals surface area (Å²) in [4.78, 5) is 16.3. The van der Waals surface area contributed by atoms with Gasteiger partial charge in [0.2, 0.25) is 5.91 Å². The minimum absolute atomic E-state index is 0.119. The molecular formula is C17H19N3O2. The van der Waals surface area contributed by atoms with Crippen LogP contribution in [0.3, 0.4) is 0 Å². The number of hydrogen-bond acceptors (Lipinski definition) is 4. The summed E-state index contributed by atoms with van der Waals surface area (Å²) in [5.74, 6) is 1.23. The minimum atomic E-state index is -0.734. The molecule has 1 aromatic heterocycles. The Morgan fingerprint density at radius 2 is 1.86 bits per heavy atom. The van der Waals surface area contributed by atoms with Crippen LogP contribution in [0.5, 0.6) is 11.5 Å². The molecule has 22 heavy (non-hydrogen) atoms. The number of hydrogen-bond donors (Lipinski definition) is 2. The van der Waals surface area contributed by atoms with Crippen molar-refractivity contribution in [1.29, 1.82) is 0 Å². The lowest BCUT2D eigenvalue weighted by Crippen LogP contribution is -2.48. The van der Waals surface area contributed by atoms with Gasteiger partial charge in [0.1, 0.15) is 11.5 Å². The van der Waals surface area contributed by atoms with Crippen LogP contribution in [-0.4, -0.2) is 16.4 Å². The zero-order valence-corrected chi connectivity index (χ0v) is 12.3. The largest absolute Gasteiger partial charge is 0.457 e. The van der Waals surface area contributed by atoms with Crippen LogP contribution in [0.1, 0.15) is 25.7 Å². The van der Waals surface area contributed by atoms with Crippen molar-refractivity contribution in [2.75, 3.05) is 5.32 Å². The molecule has 0 bridgehead atoms. The van der Waals surface area contributed by atoms with Crippen molar-refractivity contribution in [1.82, 2.24) is 4.98 Å². The number of nitrogens with zero attached hydrogens (tertiary/aromatic N) is 1. The van der Waals surface area contributed by atoms with E-state index in [0.29, 0.717) is 17.2 Å². The number of nitrogens with two attached hydrogens (primary N) is 1. The zero-order valence-electron chi connectivity index (χ0n) is 12.3. The average Bonchev–Trinajstić information content (AvgIpc) is 2.97. The fraction of sp³-hybridized carbons (Fsp3) is 0.294. The Morgan fingerprint density at radius 3 is 2.59 bits per heavy atom. The molecule has 1 heterocycles. The molecule has 0 unspecified atom stereocenters. The van der Waals surface area contributed by atoms with Crippen molar-refractivity contribution in [2.24, 2.45) is 5.73 Å². The van der Waals surface area contributed by atoms with Crippen LogP contribution >= 0.6 is 0 Å². The van der Waals surface area contributed by atoms with E-state index in [-0.39, 0.29) is 5.91 Å². The normalized spacial score (nSPS) is 16.2. The predicted octanol–water partition coefficient (Wildman–Crippen LogP) is 3.08. The van der Waals surface area contributed by atoms with E-state index in [2.05, 4.69) is 10.3 Å². The van der Waals surface area contributed by atoms with Gasteiger partial charge in [0, 0.05) is 24.1 Å². The van der Waals surface area contributed by atoms with Crippen LogP contribution in [0.4, 0.5) is 5.69 Å². The molecular weight excluding hydrogens is 278 g/mol. The number of aromatic nitrogens is 1. The molecule has 3 N–H and O–H groups in total. The highest BCUT2D eigenvalue weighted by molar-refractivity contribution is 5.98. The fourth-order valence-electron chi connectivity index (χ4n) is 2.67. The second-order valence-corrected chi connectivity index (χ2v) is 5.63. The summed E-state index contributed by atoms with van der Waals surface area (Å²) in [5, 5.41) is 2.89. The van der Waals surface area contributed by atoms with Crippen molar-refractivity contribution >= 4 is 11.6 Å². The summed E-state index contributed by atoms with van der Waals surface area (Å²) in [7, 11) is 0. The van der Waals surface area contributed by atoms with E-state index in [1.54, 1.807) is 30.6 Å². The highest BCUT2D eigenvalue weighted by Crippen LogP contribution is 2.29. The molecule has 5 heteroatoms. The Balaban J connectivity index is 1.70. The summed E-state index contributed by atoms with van der Waals surface area (Å²) < 4.78 is 5.73. The zero-order chi connectivity index (χ0) is 15.4. The van der Waals surface area contributed by atoms with Crippen LogP contribution in [-0.2, 0) is 4.79 Å². The maximum absolute atomic E-state index is 12.3. The van der Waals surface area contributed by atoms with Gasteiger partial charge in [-0.05, 0) is 37.1 Å². The van der Waals surface area contributed by atoms with Crippen LogP contribution in [0.2, 0.25) is 0 Å². The molecule has 3 rings (SSSR count). The van der Waals surface area contributed by atoms with Gasteiger partial charge in [0.05, 0.1) is 5.54 Å². The van der Waals surface area contributed by atoms with Crippen LogP contribution in [0.25, 0.3) is 0 Å². The Hall–Kier alpha value is -2.40. The van der Waals surface area contributed by atoms with Crippen molar-refractivity contribution in [3.63, 3.8) is 0 Å². The first-order valence-corrected chi connectivity index (χ1v) is 7.44. The molecule has 0 atom stereocenters. The summed E-state index contributed by atoms with van der Waals surface area (Å²) in [6, 6.07) is 10.8. The van der Waals surface area contributed by atoms with E-state index in [4.69, 9.17) is 10.5 Å². The van der Waals surface area contributed by atoms with E-state index in [9.17, 15) is 4.79 Å². The van der Waals surface area contributed by atoms with E-state index in [1.807, 2.05) is 18.2 Å². The van der Waals surface area contributed by atoms with Gasteiger partial charge in [-0.2, -0.15) is 0 Å². The third-order valence-corrected chi connectivity index (χ3v) is 3.93. The van der Waals surface area contributed by atoms with E-state index in [1.165, 1.54) is 0 Å². The third kappa shape index (κ3) is 3.26. The van der Waals surface area contributed by atoms with Gasteiger partial charge >= 0.3 is 0 Å². The second-order valence-electron chi connectivity index (χ2n) is 5.63. The molecule has 0 spiro atoms. The molecule has 114 valence electrons. The second kappa shape index (κ2) is 6.15. The number of anilines is 1. The Kier molecular flexibility index (Phi) is 4.06. The Morgan fingerprint density at radius 1 is 1.14 bits per heavy atom. The Bertz CT molecular complexity index is 652. The van der Waals surface area contributed by atoms with Gasteiger partial charge in [-0.25, -0.2) is 0 Å². The monoisotopic (exact) mass is 297 g/mol. The van der Waals surface area contributed by atoms with Gasteiger partial charge in [-0.15, -0.1) is 0 Å². The number of benzene rings is 1. The summed E-state index contributed by atoms with van der Waals surface area (Å²) >= 11 is 0. The van der Waals surface area contributed by atoms with Crippen LogP contribution in [0.15, 0.2) is 48.8 Å². The predicted molar refractivity (Wildman–Crippen MR) is 84.8 cm³/mol. The molecule has 0 radical (unpaired) electrons. The molecule has 1 saturated carbocycles. The molecule has 1 aliphatic carbocycles. The highest BCUT2D eigenvalue weighted by Gasteiger charge is 2.36. The van der Waals surface area contributed by atoms with Crippen molar-refractivity contribution < 1.29 is 9.53 Å². The standard InChI is InChI=1S/C17H19N3O2/c18-17(8-1-2-9-17)16(21)20-13-4-3-5-15(12-13)22-14-6-10-19-11-7-14/h3-7,10-12H,1-2,8-9,18H2,(H,20,21). The maximum atomic E-state index is 12.3. The van der Waals surface area contributed by atoms with Crippen molar-refractivity contribution in [2.45, 2.75) is 31.2 Å². The lowest BCUT2D eigenvalue weighted by Gasteiger charge is -2.22. The average molecular weight is 297 g/mol. The molecule has 2 aromatic rings. The first kappa shape index (κ1) is 14.5. The first-order valence-electron chi connectivity index (χ1n) is 7.44. The minimum Gasteiger partial charge on any atom is -0.457 e. The quantitative estimate of drug-likeness (QED) is 0.909. The van der Waals surface area contributed by atoms with Crippen LogP contribution in [0, 0.1) is 0 Å². The number of carbonyl (C=O) groups excluding carboxylic acids is 1. The Labute approximate surface area is 129 Å². The SMILES string of the molecule is NC1(C(=O)Nc2cccc(Oc3ccncc3)c2)CCCC1. The lowest BCUT2D eigenvalue weighted by molar-refractivity contribution is -0.121. The summed E-state index contributed by atoms with van der Waals surface area (Å²) in [6.07, 6.45) is 6.83. The van der Waals surface area contributed by atoms with Gasteiger partial charge in [0.25, 0.3) is 0 Å². The molecule has 5 nitrogen and oxygen atoms in total. The summed E-state index contributed by atoms with van der Waals surface area (Å²) in [5.41, 5.74) is 6.12.